The summed E-state index contributed by atoms with van der Waals surface area (Å²) in [4.78, 5) is 8.97. The summed E-state index contributed by atoms with van der Waals surface area (Å²) in [5, 5.41) is 0. The molecule has 2 aromatic heterocycles. The van der Waals surface area contributed by atoms with Crippen molar-refractivity contribution in [2.75, 3.05) is 12.8 Å². The van der Waals surface area contributed by atoms with Gasteiger partial charge in [0.1, 0.15) is 5.52 Å². The van der Waals surface area contributed by atoms with Crippen molar-refractivity contribution in [3.8, 4) is 5.88 Å². The summed E-state index contributed by atoms with van der Waals surface area (Å²) in [6.45, 7) is 4.64. The van der Waals surface area contributed by atoms with Gasteiger partial charge in [-0.1, -0.05) is 20.3 Å². The average molecular weight is 274 g/mol. The number of rotatable bonds is 2. The number of fused-ring (bicyclic) bond motifs is 1. The Labute approximate surface area is 119 Å². The van der Waals surface area contributed by atoms with Gasteiger partial charge in [0.05, 0.1) is 7.11 Å². The maximum absolute atomic E-state index is 6.14. The number of hydrogen-bond acceptors (Lipinski definition) is 4. The topological polar surface area (TPSA) is 66.0 Å². The van der Waals surface area contributed by atoms with Crippen molar-refractivity contribution in [3.63, 3.8) is 0 Å². The third-order valence-corrected chi connectivity index (χ3v) is 4.29. The predicted octanol–water partition coefficient (Wildman–Crippen LogP) is 3.16. The predicted molar refractivity (Wildman–Crippen MR) is 79.8 cm³/mol. The van der Waals surface area contributed by atoms with Crippen LogP contribution in [0.25, 0.3) is 11.2 Å². The highest BCUT2D eigenvalue weighted by molar-refractivity contribution is 5.75. The van der Waals surface area contributed by atoms with Crippen LogP contribution >= 0.6 is 0 Å². The van der Waals surface area contributed by atoms with Crippen molar-refractivity contribution in [1.29, 1.82) is 0 Å². The van der Waals surface area contributed by atoms with E-state index in [0.717, 1.165) is 24.0 Å². The molecule has 2 heterocycles. The van der Waals surface area contributed by atoms with E-state index in [0.29, 0.717) is 23.3 Å². The number of nitrogens with two attached hydrogens (primary N) is 1. The zero-order valence-corrected chi connectivity index (χ0v) is 12.4. The van der Waals surface area contributed by atoms with Crippen LogP contribution in [0.3, 0.4) is 0 Å². The lowest BCUT2D eigenvalue weighted by atomic mass is 9.75. The van der Waals surface area contributed by atoms with Gasteiger partial charge in [0, 0.05) is 12.1 Å². The Balaban J connectivity index is 2.07. The minimum atomic E-state index is 0.352. The first-order valence-electron chi connectivity index (χ1n) is 7.19. The van der Waals surface area contributed by atoms with Gasteiger partial charge in [-0.15, -0.1) is 0 Å². The van der Waals surface area contributed by atoms with Crippen LogP contribution in [0, 0.1) is 5.41 Å². The third-order valence-electron chi connectivity index (χ3n) is 4.29. The molecule has 1 atom stereocenters. The first kappa shape index (κ1) is 13.2. The minimum Gasteiger partial charge on any atom is -0.481 e. The van der Waals surface area contributed by atoms with E-state index in [1.807, 2.05) is 12.1 Å². The average Bonchev–Trinajstić information content (AvgIpc) is 2.72. The Bertz CT molecular complexity index is 632. The molecule has 0 saturated heterocycles. The first-order chi connectivity index (χ1) is 9.50. The Morgan fingerprint density at radius 1 is 1.35 bits per heavy atom. The largest absolute Gasteiger partial charge is 0.481 e. The maximum atomic E-state index is 6.14. The van der Waals surface area contributed by atoms with Crippen LogP contribution in [0.4, 0.5) is 5.95 Å². The summed E-state index contributed by atoms with van der Waals surface area (Å²) in [7, 11) is 1.63. The first-order valence-corrected chi connectivity index (χ1v) is 7.19. The molecule has 5 heteroatoms. The van der Waals surface area contributed by atoms with Crippen molar-refractivity contribution >= 4 is 17.1 Å². The zero-order chi connectivity index (χ0) is 14.3. The Morgan fingerprint density at radius 2 is 2.15 bits per heavy atom. The fourth-order valence-electron chi connectivity index (χ4n) is 3.33. The molecule has 2 N–H and O–H groups in total. The number of pyridine rings is 1. The SMILES string of the molecule is COc1ccc2nc(N)n(C3CCCC(C)(C)C3)c2n1. The van der Waals surface area contributed by atoms with E-state index < -0.39 is 0 Å². The van der Waals surface area contributed by atoms with E-state index in [1.54, 1.807) is 7.11 Å². The van der Waals surface area contributed by atoms with Crippen LogP contribution < -0.4 is 10.5 Å². The molecule has 0 aromatic carbocycles. The maximum Gasteiger partial charge on any atom is 0.215 e. The molecular formula is C15H22N4O. The smallest absolute Gasteiger partial charge is 0.215 e. The summed E-state index contributed by atoms with van der Waals surface area (Å²) in [6, 6.07) is 4.12. The molecule has 1 aliphatic carbocycles. The fraction of sp³-hybridized carbons (Fsp3) is 0.600. The van der Waals surface area contributed by atoms with Crippen molar-refractivity contribution in [2.45, 2.75) is 45.6 Å². The Hall–Kier alpha value is -1.78. The molecule has 3 rings (SSSR count). The van der Waals surface area contributed by atoms with E-state index in [1.165, 1.54) is 12.8 Å². The number of nitrogen functional groups attached to an aromatic ring is 1. The van der Waals surface area contributed by atoms with Crippen LogP contribution in [0.1, 0.15) is 45.6 Å². The lowest BCUT2D eigenvalue weighted by Crippen LogP contribution is -2.25. The molecule has 5 nitrogen and oxygen atoms in total. The number of nitrogens with zero attached hydrogens (tertiary/aromatic N) is 3. The van der Waals surface area contributed by atoms with Gasteiger partial charge in [-0.2, -0.15) is 4.98 Å². The van der Waals surface area contributed by atoms with Gasteiger partial charge in [0.2, 0.25) is 11.8 Å². The lowest BCUT2D eigenvalue weighted by Gasteiger charge is -2.36. The molecule has 1 aliphatic rings. The highest BCUT2D eigenvalue weighted by Gasteiger charge is 2.31. The highest BCUT2D eigenvalue weighted by Crippen LogP contribution is 2.42. The molecule has 1 saturated carbocycles. The number of imidazole rings is 1. The summed E-state index contributed by atoms with van der Waals surface area (Å²) in [5.74, 6) is 1.16. The highest BCUT2D eigenvalue weighted by atomic mass is 16.5. The second-order valence-electron chi connectivity index (χ2n) is 6.45. The normalized spacial score (nSPS) is 22.1. The van der Waals surface area contributed by atoms with E-state index >= 15 is 0 Å². The number of ether oxygens (including phenoxy) is 1. The molecule has 1 fully saturated rings. The van der Waals surface area contributed by atoms with Gasteiger partial charge in [-0.25, -0.2) is 4.98 Å². The fourth-order valence-corrected chi connectivity index (χ4v) is 3.33. The number of aromatic nitrogens is 3. The molecular weight excluding hydrogens is 252 g/mol. The van der Waals surface area contributed by atoms with Crippen molar-refractivity contribution in [1.82, 2.24) is 14.5 Å². The summed E-state index contributed by atoms with van der Waals surface area (Å²) < 4.78 is 7.32. The van der Waals surface area contributed by atoms with Gasteiger partial charge in [0.25, 0.3) is 0 Å². The monoisotopic (exact) mass is 274 g/mol. The minimum absolute atomic E-state index is 0.352. The van der Waals surface area contributed by atoms with Crippen molar-refractivity contribution < 1.29 is 4.74 Å². The van der Waals surface area contributed by atoms with E-state index in [4.69, 9.17) is 10.5 Å². The van der Waals surface area contributed by atoms with E-state index in [9.17, 15) is 0 Å². The van der Waals surface area contributed by atoms with Gasteiger partial charge in [-0.3, -0.25) is 4.57 Å². The lowest BCUT2D eigenvalue weighted by molar-refractivity contribution is 0.186. The van der Waals surface area contributed by atoms with Gasteiger partial charge >= 0.3 is 0 Å². The standard InChI is InChI=1S/C15H22N4O/c1-15(2)8-4-5-10(9-15)19-13-11(17-14(19)16)6-7-12(18-13)20-3/h6-7,10H,4-5,8-9H2,1-3H3,(H2,16,17). The third kappa shape index (κ3) is 2.21. The van der Waals surface area contributed by atoms with Gasteiger partial charge < -0.3 is 10.5 Å². The molecule has 0 amide bonds. The Morgan fingerprint density at radius 3 is 2.85 bits per heavy atom. The van der Waals surface area contributed by atoms with Crippen molar-refractivity contribution in [2.24, 2.45) is 5.41 Å². The number of hydrogen-bond donors (Lipinski definition) is 1. The van der Waals surface area contributed by atoms with Gasteiger partial charge in [0.15, 0.2) is 5.65 Å². The van der Waals surface area contributed by atoms with Crippen LogP contribution in [0.2, 0.25) is 0 Å². The summed E-state index contributed by atoms with van der Waals surface area (Å²) >= 11 is 0. The van der Waals surface area contributed by atoms with Crippen LogP contribution in [0.5, 0.6) is 5.88 Å². The molecule has 0 aliphatic heterocycles. The molecule has 2 aromatic rings. The molecule has 0 radical (unpaired) electrons. The number of anilines is 1. The molecule has 0 spiro atoms. The van der Waals surface area contributed by atoms with Crippen LogP contribution in [-0.2, 0) is 0 Å². The van der Waals surface area contributed by atoms with Crippen molar-refractivity contribution in [3.05, 3.63) is 12.1 Å². The van der Waals surface area contributed by atoms with E-state index in [2.05, 4.69) is 28.4 Å². The zero-order valence-electron chi connectivity index (χ0n) is 12.4. The van der Waals surface area contributed by atoms with Crippen LogP contribution in [-0.4, -0.2) is 21.6 Å². The van der Waals surface area contributed by atoms with Gasteiger partial charge in [-0.05, 0) is 30.7 Å². The quantitative estimate of drug-likeness (QED) is 0.913. The Kier molecular flexibility index (Phi) is 3.07. The molecule has 108 valence electrons. The molecule has 1 unspecified atom stereocenters. The van der Waals surface area contributed by atoms with E-state index in [-0.39, 0.29) is 0 Å². The second-order valence-corrected chi connectivity index (χ2v) is 6.45. The summed E-state index contributed by atoms with van der Waals surface area (Å²) in [6.07, 6.45) is 4.74. The molecule has 0 bridgehead atoms. The van der Waals surface area contributed by atoms with Crippen LogP contribution in [0.15, 0.2) is 12.1 Å². The second kappa shape index (κ2) is 4.65. The summed E-state index contributed by atoms with van der Waals surface area (Å²) in [5.41, 5.74) is 8.16. The number of methoxy groups -OCH3 is 1. The molecule has 20 heavy (non-hydrogen) atoms.